The number of rotatable bonds is 3. The van der Waals surface area contributed by atoms with Gasteiger partial charge in [-0.05, 0) is 46.3 Å². The number of fused-ring (bicyclic) bond motifs is 1. The zero-order valence-electron chi connectivity index (χ0n) is 10.2. The van der Waals surface area contributed by atoms with E-state index in [1.165, 1.54) is 6.07 Å². The van der Waals surface area contributed by atoms with Crippen molar-refractivity contribution in [3.05, 3.63) is 45.3 Å². The van der Waals surface area contributed by atoms with Gasteiger partial charge in [-0.1, -0.05) is 22.0 Å². The minimum absolute atomic E-state index is 0.158. The average molecular weight is 449 g/mol. The third-order valence-electron chi connectivity index (χ3n) is 2.71. The summed E-state index contributed by atoms with van der Waals surface area (Å²) in [6.45, 7) is 0. The molecule has 108 valence electrons. The third-order valence-corrected chi connectivity index (χ3v) is 6.09. The van der Waals surface area contributed by atoms with Crippen LogP contribution < -0.4 is 4.72 Å². The van der Waals surface area contributed by atoms with Crippen LogP contribution in [0.25, 0.3) is 11.0 Å². The van der Waals surface area contributed by atoms with Gasteiger partial charge in [-0.25, -0.2) is 8.42 Å². The first kappa shape index (κ1) is 14.9. The summed E-state index contributed by atoms with van der Waals surface area (Å²) < 4.78 is 37.0. The van der Waals surface area contributed by atoms with Gasteiger partial charge >= 0.3 is 0 Å². The molecular weight excluding hydrogens is 442 g/mol. The number of sulfonamides is 1. The highest BCUT2D eigenvalue weighted by atomic mass is 79.9. The van der Waals surface area contributed by atoms with E-state index < -0.39 is 10.0 Å². The van der Waals surface area contributed by atoms with E-state index in [9.17, 15) is 8.42 Å². The molecule has 0 aliphatic heterocycles. The fourth-order valence-corrected chi connectivity index (χ4v) is 5.14. The first-order chi connectivity index (χ1) is 9.97. The molecule has 2 aromatic carbocycles. The lowest BCUT2D eigenvalue weighted by Gasteiger charge is -2.10. The maximum absolute atomic E-state index is 12.5. The molecule has 0 spiro atoms. The van der Waals surface area contributed by atoms with Crippen LogP contribution in [0.3, 0.4) is 0 Å². The summed E-state index contributed by atoms with van der Waals surface area (Å²) in [5.41, 5.74) is 1.62. The van der Waals surface area contributed by atoms with Gasteiger partial charge in [0.05, 0.1) is 17.4 Å². The number of hydrogen-bond donors (Lipinski definition) is 1. The first-order valence-electron chi connectivity index (χ1n) is 5.66. The van der Waals surface area contributed by atoms with Gasteiger partial charge in [0.2, 0.25) is 0 Å². The topological polar surface area (TPSA) is 72.0 Å². The van der Waals surface area contributed by atoms with Crippen molar-refractivity contribution in [2.24, 2.45) is 0 Å². The number of aromatic nitrogens is 2. The van der Waals surface area contributed by atoms with E-state index in [1.54, 1.807) is 30.3 Å². The standard InChI is InChI=1S/C12H7Br2N3O2S2/c13-7-4-5-11(8(14)6-7)21(18,19)17-10-3-1-2-9-12(10)16-20-15-9/h1-6,17H. The molecule has 1 aromatic heterocycles. The van der Waals surface area contributed by atoms with Gasteiger partial charge in [-0.15, -0.1) is 0 Å². The maximum atomic E-state index is 12.5. The molecule has 0 fully saturated rings. The van der Waals surface area contributed by atoms with Crippen molar-refractivity contribution in [3.8, 4) is 0 Å². The van der Waals surface area contributed by atoms with Crippen molar-refractivity contribution in [2.75, 3.05) is 4.72 Å². The first-order valence-corrected chi connectivity index (χ1v) is 9.46. The fourth-order valence-electron chi connectivity index (χ4n) is 1.78. The average Bonchev–Trinajstić information content (AvgIpc) is 2.87. The van der Waals surface area contributed by atoms with Gasteiger partial charge in [0.25, 0.3) is 10.0 Å². The second-order valence-electron chi connectivity index (χ2n) is 4.12. The summed E-state index contributed by atoms with van der Waals surface area (Å²) >= 11 is 7.60. The van der Waals surface area contributed by atoms with Crippen LogP contribution in [-0.2, 0) is 10.0 Å². The second kappa shape index (κ2) is 5.64. The van der Waals surface area contributed by atoms with Crippen molar-refractivity contribution in [1.82, 2.24) is 8.75 Å². The van der Waals surface area contributed by atoms with E-state index in [1.807, 2.05) is 0 Å². The summed E-state index contributed by atoms with van der Waals surface area (Å²) in [6, 6.07) is 10.1. The van der Waals surface area contributed by atoms with Crippen molar-refractivity contribution in [1.29, 1.82) is 0 Å². The lowest BCUT2D eigenvalue weighted by Crippen LogP contribution is -2.13. The van der Waals surface area contributed by atoms with Crippen LogP contribution in [0.1, 0.15) is 0 Å². The monoisotopic (exact) mass is 447 g/mol. The number of hydrogen-bond acceptors (Lipinski definition) is 5. The van der Waals surface area contributed by atoms with Crippen LogP contribution >= 0.6 is 43.6 Å². The summed E-state index contributed by atoms with van der Waals surface area (Å²) in [5.74, 6) is 0. The molecule has 5 nitrogen and oxygen atoms in total. The Hall–Kier alpha value is -1.03. The van der Waals surface area contributed by atoms with Crippen LogP contribution in [0, 0.1) is 0 Å². The molecule has 21 heavy (non-hydrogen) atoms. The van der Waals surface area contributed by atoms with Gasteiger partial charge in [-0.3, -0.25) is 4.72 Å². The van der Waals surface area contributed by atoms with E-state index in [-0.39, 0.29) is 4.90 Å². The molecule has 0 bridgehead atoms. The molecule has 0 unspecified atom stereocenters. The SMILES string of the molecule is O=S(=O)(Nc1cccc2nsnc12)c1ccc(Br)cc1Br. The Morgan fingerprint density at radius 2 is 1.90 bits per heavy atom. The van der Waals surface area contributed by atoms with Gasteiger partial charge in [0, 0.05) is 8.95 Å². The van der Waals surface area contributed by atoms with Crippen molar-refractivity contribution >= 4 is 70.3 Å². The number of halogens is 2. The summed E-state index contributed by atoms with van der Waals surface area (Å²) in [7, 11) is -3.71. The van der Waals surface area contributed by atoms with Crippen LogP contribution in [-0.4, -0.2) is 17.2 Å². The Balaban J connectivity index is 2.05. The van der Waals surface area contributed by atoms with Gasteiger partial charge in [-0.2, -0.15) is 8.75 Å². The van der Waals surface area contributed by atoms with Crippen LogP contribution in [0.2, 0.25) is 0 Å². The predicted molar refractivity (Wildman–Crippen MR) is 90.1 cm³/mol. The minimum Gasteiger partial charge on any atom is -0.277 e. The molecule has 0 saturated carbocycles. The second-order valence-corrected chi connectivity index (χ2v) is 8.07. The third kappa shape index (κ3) is 2.96. The Morgan fingerprint density at radius 1 is 1.10 bits per heavy atom. The Bertz CT molecular complexity index is 925. The van der Waals surface area contributed by atoms with E-state index in [2.05, 4.69) is 45.3 Å². The number of nitrogens with one attached hydrogen (secondary N) is 1. The van der Waals surface area contributed by atoms with Crippen molar-refractivity contribution in [3.63, 3.8) is 0 Å². The van der Waals surface area contributed by atoms with Crippen LogP contribution in [0.5, 0.6) is 0 Å². The van der Waals surface area contributed by atoms with Crippen molar-refractivity contribution in [2.45, 2.75) is 4.90 Å². The van der Waals surface area contributed by atoms with E-state index >= 15 is 0 Å². The van der Waals surface area contributed by atoms with E-state index in [0.717, 1.165) is 16.2 Å². The number of anilines is 1. The largest absolute Gasteiger partial charge is 0.277 e. The molecule has 3 aromatic rings. The molecule has 0 atom stereocenters. The molecule has 0 saturated heterocycles. The highest BCUT2D eigenvalue weighted by Gasteiger charge is 2.19. The lowest BCUT2D eigenvalue weighted by molar-refractivity contribution is 0.601. The summed E-state index contributed by atoms with van der Waals surface area (Å²) in [4.78, 5) is 0.158. The van der Waals surface area contributed by atoms with Gasteiger partial charge in [0.15, 0.2) is 0 Å². The minimum atomic E-state index is -3.71. The molecule has 0 radical (unpaired) electrons. The fraction of sp³-hybridized carbons (Fsp3) is 0. The molecule has 9 heteroatoms. The molecule has 3 rings (SSSR count). The Kier molecular flexibility index (Phi) is 4.00. The zero-order chi connectivity index (χ0) is 15.0. The van der Waals surface area contributed by atoms with E-state index in [4.69, 9.17) is 0 Å². The normalized spacial score (nSPS) is 11.7. The number of nitrogens with zero attached hydrogens (tertiary/aromatic N) is 2. The quantitative estimate of drug-likeness (QED) is 0.656. The van der Waals surface area contributed by atoms with Crippen molar-refractivity contribution < 1.29 is 8.42 Å². The molecule has 0 aliphatic rings. The van der Waals surface area contributed by atoms with E-state index in [0.29, 0.717) is 21.2 Å². The summed E-state index contributed by atoms with van der Waals surface area (Å²) in [5, 5.41) is 0. The predicted octanol–water partition coefficient (Wildman–Crippen LogP) is 4.02. The molecule has 0 aliphatic carbocycles. The smallest absolute Gasteiger partial charge is 0.263 e. The molecular formula is C12H7Br2N3O2S2. The summed E-state index contributed by atoms with van der Waals surface area (Å²) in [6.07, 6.45) is 0. The van der Waals surface area contributed by atoms with Crippen LogP contribution in [0.4, 0.5) is 5.69 Å². The number of benzene rings is 2. The molecule has 0 amide bonds. The zero-order valence-corrected chi connectivity index (χ0v) is 15.1. The lowest BCUT2D eigenvalue weighted by atomic mass is 10.3. The van der Waals surface area contributed by atoms with Crippen LogP contribution in [0.15, 0.2) is 50.2 Å². The maximum Gasteiger partial charge on any atom is 0.263 e. The molecule has 1 N–H and O–H groups in total. The highest BCUT2D eigenvalue weighted by Crippen LogP contribution is 2.29. The van der Waals surface area contributed by atoms with Gasteiger partial charge < -0.3 is 0 Å². The van der Waals surface area contributed by atoms with Gasteiger partial charge in [0.1, 0.15) is 15.9 Å². The Morgan fingerprint density at radius 3 is 2.67 bits per heavy atom. The molecule has 1 heterocycles. The highest BCUT2D eigenvalue weighted by molar-refractivity contribution is 9.11. The Labute approximate surface area is 142 Å².